The molecule has 1 atom stereocenters. The molecule has 1 saturated heterocycles. The third-order valence-corrected chi connectivity index (χ3v) is 5.45. The second-order valence-electron chi connectivity index (χ2n) is 7.10. The van der Waals surface area contributed by atoms with Crippen LogP contribution in [-0.4, -0.2) is 22.3 Å². The normalized spacial score (nSPS) is 16.6. The molecule has 1 aliphatic heterocycles. The first-order valence-corrected chi connectivity index (χ1v) is 9.62. The fourth-order valence-electron chi connectivity index (χ4n) is 4.09. The lowest BCUT2D eigenvalue weighted by Gasteiger charge is -2.27. The summed E-state index contributed by atoms with van der Waals surface area (Å²) < 4.78 is 0. The molecule has 0 saturated carbocycles. The molecule has 3 aromatic rings. The van der Waals surface area contributed by atoms with Crippen molar-refractivity contribution < 1.29 is 4.79 Å². The quantitative estimate of drug-likeness (QED) is 0.647. The van der Waals surface area contributed by atoms with Gasteiger partial charge in [-0.25, -0.2) is 0 Å². The molecule has 27 heavy (non-hydrogen) atoms. The van der Waals surface area contributed by atoms with Crippen LogP contribution in [0.25, 0.3) is 0 Å². The van der Waals surface area contributed by atoms with Crippen molar-refractivity contribution in [2.75, 3.05) is 6.54 Å². The predicted molar refractivity (Wildman–Crippen MR) is 107 cm³/mol. The Morgan fingerprint density at radius 3 is 2.11 bits per heavy atom. The van der Waals surface area contributed by atoms with Crippen molar-refractivity contribution in [3.05, 3.63) is 102 Å². The lowest BCUT2D eigenvalue weighted by Crippen LogP contribution is -2.31. The third-order valence-electron chi connectivity index (χ3n) is 5.45. The molecule has 1 fully saturated rings. The summed E-state index contributed by atoms with van der Waals surface area (Å²) >= 11 is 0. The van der Waals surface area contributed by atoms with Gasteiger partial charge in [0.05, 0.1) is 6.04 Å². The Hall–Kier alpha value is -2.94. The van der Waals surface area contributed by atoms with Crippen molar-refractivity contribution in [1.82, 2.24) is 9.88 Å². The Labute approximate surface area is 160 Å². The summed E-state index contributed by atoms with van der Waals surface area (Å²) in [5, 5.41) is 0. The maximum Gasteiger partial charge on any atom is 0.224 e. The molecule has 2 aromatic carbocycles. The Kier molecular flexibility index (Phi) is 5.29. The number of pyridine rings is 1. The minimum atomic E-state index is 0.0820. The van der Waals surface area contributed by atoms with Gasteiger partial charge in [0, 0.05) is 31.3 Å². The summed E-state index contributed by atoms with van der Waals surface area (Å²) in [5.41, 5.74) is 3.57. The van der Waals surface area contributed by atoms with E-state index in [1.807, 2.05) is 60.9 Å². The van der Waals surface area contributed by atoms with E-state index in [-0.39, 0.29) is 17.9 Å². The van der Waals surface area contributed by atoms with Gasteiger partial charge in [-0.1, -0.05) is 60.7 Å². The smallest absolute Gasteiger partial charge is 0.224 e. The largest absolute Gasteiger partial charge is 0.336 e. The fourth-order valence-corrected chi connectivity index (χ4v) is 4.09. The van der Waals surface area contributed by atoms with Crippen LogP contribution >= 0.6 is 0 Å². The van der Waals surface area contributed by atoms with E-state index in [1.165, 1.54) is 16.7 Å². The van der Waals surface area contributed by atoms with Crippen molar-refractivity contribution in [1.29, 1.82) is 0 Å². The zero-order valence-corrected chi connectivity index (χ0v) is 15.4. The number of benzene rings is 2. The van der Waals surface area contributed by atoms with E-state index in [4.69, 9.17) is 0 Å². The van der Waals surface area contributed by atoms with Gasteiger partial charge in [-0.3, -0.25) is 9.78 Å². The summed E-state index contributed by atoms with van der Waals surface area (Å²) in [6.07, 6.45) is 6.20. The molecular formula is C24H24N2O. The Bertz CT molecular complexity index is 825. The van der Waals surface area contributed by atoms with E-state index in [1.54, 1.807) is 0 Å². The van der Waals surface area contributed by atoms with Crippen molar-refractivity contribution >= 4 is 5.91 Å². The Morgan fingerprint density at radius 2 is 1.52 bits per heavy atom. The van der Waals surface area contributed by atoms with E-state index in [2.05, 4.69) is 34.1 Å². The average molecular weight is 356 g/mol. The van der Waals surface area contributed by atoms with E-state index >= 15 is 0 Å². The SMILES string of the molecule is O=C(CC(c1ccccc1)c1ccccc1)N1CCC[C@@H]1c1ccncc1. The molecule has 2 heterocycles. The standard InChI is InChI=1S/C24H24N2O/c27-24(26-17-7-12-23(26)21-13-15-25-16-14-21)18-22(19-8-3-1-4-9-19)20-10-5-2-6-11-20/h1-6,8-11,13-16,22-23H,7,12,17-18H2/t23-/m1/s1. The number of aromatic nitrogens is 1. The number of hydrogen-bond acceptors (Lipinski definition) is 2. The number of carbonyl (C=O) groups excluding carboxylic acids is 1. The van der Waals surface area contributed by atoms with Crippen LogP contribution in [0, 0.1) is 0 Å². The van der Waals surface area contributed by atoms with Crippen LogP contribution in [0.1, 0.15) is 47.9 Å². The summed E-state index contributed by atoms with van der Waals surface area (Å²) in [6, 6.07) is 24.9. The average Bonchev–Trinajstić information content (AvgIpc) is 3.24. The predicted octanol–water partition coefficient (Wildman–Crippen LogP) is 4.97. The highest BCUT2D eigenvalue weighted by Crippen LogP contribution is 2.35. The summed E-state index contributed by atoms with van der Waals surface area (Å²) in [7, 11) is 0. The summed E-state index contributed by atoms with van der Waals surface area (Å²) in [6.45, 7) is 0.835. The van der Waals surface area contributed by atoms with Gasteiger partial charge >= 0.3 is 0 Å². The zero-order valence-electron chi connectivity index (χ0n) is 15.4. The first-order valence-electron chi connectivity index (χ1n) is 9.62. The van der Waals surface area contributed by atoms with Crippen LogP contribution in [-0.2, 0) is 4.79 Å². The lowest BCUT2D eigenvalue weighted by molar-refractivity contribution is -0.132. The number of nitrogens with zero attached hydrogens (tertiary/aromatic N) is 2. The van der Waals surface area contributed by atoms with E-state index in [0.717, 1.165) is 19.4 Å². The fraction of sp³-hybridized carbons (Fsp3) is 0.250. The van der Waals surface area contributed by atoms with Crippen LogP contribution in [0.5, 0.6) is 0 Å². The maximum atomic E-state index is 13.3. The van der Waals surface area contributed by atoms with Crippen molar-refractivity contribution in [2.45, 2.75) is 31.2 Å². The number of carbonyl (C=O) groups is 1. The van der Waals surface area contributed by atoms with E-state index in [9.17, 15) is 4.79 Å². The highest BCUT2D eigenvalue weighted by molar-refractivity contribution is 5.78. The van der Waals surface area contributed by atoms with Gasteiger partial charge in [-0.15, -0.1) is 0 Å². The van der Waals surface area contributed by atoms with Gasteiger partial charge in [-0.05, 0) is 41.7 Å². The second-order valence-corrected chi connectivity index (χ2v) is 7.10. The minimum Gasteiger partial charge on any atom is -0.336 e. The maximum absolute atomic E-state index is 13.3. The van der Waals surface area contributed by atoms with Gasteiger partial charge in [0.15, 0.2) is 0 Å². The second kappa shape index (κ2) is 8.17. The van der Waals surface area contributed by atoms with Gasteiger partial charge in [0.2, 0.25) is 5.91 Å². The van der Waals surface area contributed by atoms with E-state index in [0.29, 0.717) is 6.42 Å². The van der Waals surface area contributed by atoms with Gasteiger partial charge < -0.3 is 4.90 Å². The molecule has 0 unspecified atom stereocenters. The number of likely N-dealkylation sites (tertiary alicyclic amines) is 1. The van der Waals surface area contributed by atoms with E-state index < -0.39 is 0 Å². The molecule has 0 bridgehead atoms. The first kappa shape index (κ1) is 17.5. The number of rotatable bonds is 5. The molecule has 3 nitrogen and oxygen atoms in total. The third kappa shape index (κ3) is 3.92. The van der Waals surface area contributed by atoms with Crippen LogP contribution in [0.4, 0.5) is 0 Å². The molecule has 4 rings (SSSR count). The van der Waals surface area contributed by atoms with Crippen LogP contribution < -0.4 is 0 Å². The molecule has 0 spiro atoms. The van der Waals surface area contributed by atoms with Crippen LogP contribution in [0.15, 0.2) is 85.2 Å². The number of amides is 1. The number of hydrogen-bond donors (Lipinski definition) is 0. The molecule has 0 radical (unpaired) electrons. The summed E-state index contributed by atoms with van der Waals surface area (Å²) in [5.74, 6) is 0.311. The monoisotopic (exact) mass is 356 g/mol. The molecular weight excluding hydrogens is 332 g/mol. The van der Waals surface area contributed by atoms with Crippen molar-refractivity contribution in [3.8, 4) is 0 Å². The molecule has 3 heteroatoms. The molecule has 1 aliphatic rings. The minimum absolute atomic E-state index is 0.0820. The Morgan fingerprint density at radius 1 is 0.926 bits per heavy atom. The van der Waals surface area contributed by atoms with Gasteiger partial charge in [0.1, 0.15) is 0 Å². The van der Waals surface area contributed by atoms with Crippen molar-refractivity contribution in [2.24, 2.45) is 0 Å². The highest BCUT2D eigenvalue weighted by Gasteiger charge is 2.31. The lowest BCUT2D eigenvalue weighted by atomic mass is 9.88. The van der Waals surface area contributed by atoms with Crippen LogP contribution in [0.3, 0.4) is 0 Å². The van der Waals surface area contributed by atoms with Gasteiger partial charge in [0.25, 0.3) is 0 Å². The van der Waals surface area contributed by atoms with Gasteiger partial charge in [-0.2, -0.15) is 0 Å². The summed E-state index contributed by atoms with van der Waals surface area (Å²) in [4.78, 5) is 19.5. The van der Waals surface area contributed by atoms with Crippen molar-refractivity contribution in [3.63, 3.8) is 0 Å². The molecule has 0 N–H and O–H groups in total. The highest BCUT2D eigenvalue weighted by atomic mass is 16.2. The topological polar surface area (TPSA) is 33.2 Å². The molecule has 1 aromatic heterocycles. The Balaban J connectivity index is 1.58. The zero-order chi connectivity index (χ0) is 18.5. The van der Waals surface area contributed by atoms with Crippen LogP contribution in [0.2, 0.25) is 0 Å². The molecule has 1 amide bonds. The molecule has 0 aliphatic carbocycles. The molecule has 136 valence electrons. The first-order chi connectivity index (χ1) is 13.3.